The second-order valence-corrected chi connectivity index (χ2v) is 15.3. The van der Waals surface area contributed by atoms with E-state index in [1.807, 2.05) is 0 Å². The average molecular weight is 811 g/mol. The molecule has 2 aromatic carbocycles. The highest BCUT2D eigenvalue weighted by Gasteiger charge is 2.34. The van der Waals surface area contributed by atoms with Crippen molar-refractivity contribution in [1.29, 1.82) is 0 Å². The number of fused-ring (bicyclic) bond motifs is 1. The largest absolute Gasteiger partial charge is 0.491 e. The van der Waals surface area contributed by atoms with Gasteiger partial charge in [0.1, 0.15) is 17.4 Å². The fraction of sp³-hybridized carbons (Fsp3) is 0.513. The lowest BCUT2D eigenvalue weighted by molar-refractivity contribution is -0.137. The number of rotatable bonds is 21. The number of ether oxygens (including phenoxy) is 4. The maximum absolute atomic E-state index is 13.5. The van der Waals surface area contributed by atoms with Crippen molar-refractivity contribution < 1.29 is 46.8 Å². The zero-order valence-electron chi connectivity index (χ0n) is 31.6. The lowest BCUT2D eigenvalue weighted by Crippen LogP contribution is -2.34. The van der Waals surface area contributed by atoms with Gasteiger partial charge in [0.05, 0.1) is 68.1 Å². The van der Waals surface area contributed by atoms with Crippen LogP contribution in [0.4, 0.5) is 18.2 Å². The van der Waals surface area contributed by atoms with E-state index >= 15 is 0 Å². The average Bonchev–Trinajstić information content (AvgIpc) is 3.48. The molecule has 0 bridgehead atoms. The molecule has 16 heteroatoms. The second-order valence-electron chi connectivity index (χ2n) is 13.8. The Labute approximate surface area is 329 Å². The van der Waals surface area contributed by atoms with E-state index < -0.39 is 34.7 Å². The summed E-state index contributed by atoms with van der Waals surface area (Å²) in [6.07, 6.45) is -1.93. The molecular weight excluding hydrogens is 761 g/mol. The predicted octanol–water partition coefficient (Wildman–Crippen LogP) is 7.08. The molecule has 1 atom stereocenters. The molecule has 0 unspecified atom stereocenters. The van der Waals surface area contributed by atoms with Crippen LogP contribution >= 0.6 is 22.9 Å². The third-order valence-electron chi connectivity index (χ3n) is 8.92. The van der Waals surface area contributed by atoms with Gasteiger partial charge in [-0.1, -0.05) is 51.4 Å². The number of anilines is 1. The number of benzene rings is 2. The molecule has 0 saturated carbocycles. The van der Waals surface area contributed by atoms with Crippen molar-refractivity contribution in [3.05, 3.63) is 80.2 Å². The number of hydrazone groups is 1. The normalized spacial score (nSPS) is 14.6. The summed E-state index contributed by atoms with van der Waals surface area (Å²) in [6, 6.07) is 9.97. The number of halogens is 4. The van der Waals surface area contributed by atoms with E-state index in [1.165, 1.54) is 17.4 Å². The van der Waals surface area contributed by atoms with E-state index in [-0.39, 0.29) is 29.8 Å². The third kappa shape index (κ3) is 13.8. The Kier molecular flexibility index (Phi) is 16.9. The molecule has 302 valence electrons. The first-order valence-electron chi connectivity index (χ1n) is 18.2. The number of nitrogens with one attached hydrogen (secondary N) is 2. The summed E-state index contributed by atoms with van der Waals surface area (Å²) >= 11 is 7.05. The van der Waals surface area contributed by atoms with Gasteiger partial charge in [0.25, 0.3) is 11.8 Å². The highest BCUT2D eigenvalue weighted by Crippen LogP contribution is 2.44. The van der Waals surface area contributed by atoms with Crippen LogP contribution < -0.4 is 15.5 Å². The van der Waals surface area contributed by atoms with Crippen LogP contribution in [0.15, 0.2) is 47.6 Å². The number of hydrogen-bond donors (Lipinski definition) is 3. The van der Waals surface area contributed by atoms with Crippen LogP contribution in [0.5, 0.6) is 5.75 Å². The molecule has 0 saturated heterocycles. The number of thiophene rings is 1. The number of carbonyl (C=O) groups excluding carboxylic acids is 2. The Hall–Kier alpha value is -3.57. The molecule has 4 rings (SSSR count). The van der Waals surface area contributed by atoms with Gasteiger partial charge in [0.15, 0.2) is 0 Å². The Morgan fingerprint density at radius 2 is 1.71 bits per heavy atom. The molecule has 0 radical (unpaired) electrons. The van der Waals surface area contributed by atoms with E-state index in [2.05, 4.69) is 48.4 Å². The van der Waals surface area contributed by atoms with Crippen LogP contribution in [0.25, 0.3) is 0 Å². The van der Waals surface area contributed by atoms with Gasteiger partial charge in [0, 0.05) is 17.0 Å². The molecule has 2 amide bonds. The van der Waals surface area contributed by atoms with Crippen LogP contribution in [0.2, 0.25) is 5.02 Å². The van der Waals surface area contributed by atoms with Crippen molar-refractivity contribution in [2.45, 2.75) is 59.2 Å². The quantitative estimate of drug-likeness (QED) is 0.0592. The zero-order valence-corrected chi connectivity index (χ0v) is 33.2. The lowest BCUT2D eigenvalue weighted by Gasteiger charge is -2.29. The summed E-state index contributed by atoms with van der Waals surface area (Å²) in [7, 11) is 0. The molecule has 3 aromatic rings. The number of likely N-dealkylation sites (N-methyl/N-ethyl adjacent to an activating group) is 1. The molecule has 0 aliphatic heterocycles. The predicted molar refractivity (Wildman–Crippen MR) is 208 cm³/mol. The molecule has 1 aliphatic carbocycles. The van der Waals surface area contributed by atoms with E-state index in [0.717, 1.165) is 48.3 Å². The fourth-order valence-corrected chi connectivity index (χ4v) is 7.63. The Morgan fingerprint density at radius 1 is 1.02 bits per heavy atom. The van der Waals surface area contributed by atoms with Crippen molar-refractivity contribution in [2.75, 3.05) is 71.2 Å². The Bertz CT molecular complexity index is 1750. The van der Waals surface area contributed by atoms with E-state index in [0.29, 0.717) is 68.7 Å². The molecule has 3 N–H and O–H groups in total. The first-order chi connectivity index (χ1) is 26.2. The standard InChI is InChI=1S/C39H50ClF3N4O7S/c1-5-47(6-2)24-28(48)25-53-17-16-51-14-15-52-18-19-54-29-9-7-8-27(21-29)35(49)45-37-34(30-12-13-38(3,4)22-33(30)55-37)36(50)46-44-23-26-10-11-32(40)31(20-26)39(41,42)43/h7-11,20-21,23,28,48H,5-6,12-19,22,24-25H2,1-4H3,(H,45,49)(H,46,50)/b44-23+/t28-/m1/s1. The number of nitrogens with zero attached hydrogens (tertiary/aromatic N) is 2. The molecule has 1 aliphatic rings. The van der Waals surface area contributed by atoms with E-state index in [4.69, 9.17) is 30.5 Å². The van der Waals surface area contributed by atoms with E-state index in [1.54, 1.807) is 24.3 Å². The van der Waals surface area contributed by atoms with Crippen molar-refractivity contribution in [1.82, 2.24) is 10.3 Å². The van der Waals surface area contributed by atoms with Crippen molar-refractivity contribution in [3.63, 3.8) is 0 Å². The van der Waals surface area contributed by atoms with Gasteiger partial charge in [-0.05, 0) is 79.2 Å². The third-order valence-corrected chi connectivity index (χ3v) is 10.4. The molecule has 55 heavy (non-hydrogen) atoms. The summed E-state index contributed by atoms with van der Waals surface area (Å²) in [5.41, 5.74) is 2.92. The first kappa shape index (κ1) is 44.1. The van der Waals surface area contributed by atoms with Gasteiger partial charge in [-0.15, -0.1) is 11.3 Å². The SMILES string of the molecule is CCN(CC)C[C@@H](O)COCCOCCOCCOc1cccc(C(=O)Nc2sc3c(c2C(=O)N/N=C/c2ccc(Cl)c(C(F)(F)F)c2)CCC(C)(C)C3)c1. The molecule has 0 fully saturated rings. The number of amides is 2. The van der Waals surface area contributed by atoms with E-state index in [9.17, 15) is 27.9 Å². The summed E-state index contributed by atoms with van der Waals surface area (Å²) in [5, 5.41) is 16.8. The Morgan fingerprint density at radius 3 is 2.40 bits per heavy atom. The number of alkyl halides is 3. The number of aliphatic hydroxyl groups is 1. The fourth-order valence-electron chi connectivity index (χ4n) is 5.91. The highest BCUT2D eigenvalue weighted by atomic mass is 35.5. The van der Waals surface area contributed by atoms with Crippen LogP contribution in [0.3, 0.4) is 0 Å². The zero-order chi connectivity index (χ0) is 40.0. The summed E-state index contributed by atoms with van der Waals surface area (Å²) in [5.74, 6) is -0.577. The molecule has 1 aromatic heterocycles. The summed E-state index contributed by atoms with van der Waals surface area (Å²) in [6.45, 7) is 13.0. The minimum absolute atomic E-state index is 0.00329. The smallest absolute Gasteiger partial charge is 0.417 e. The van der Waals surface area contributed by atoms with Gasteiger partial charge in [-0.2, -0.15) is 18.3 Å². The molecule has 1 heterocycles. The van der Waals surface area contributed by atoms with Gasteiger partial charge in [-0.25, -0.2) is 5.43 Å². The van der Waals surface area contributed by atoms with Crippen molar-refractivity contribution >= 4 is 46.0 Å². The van der Waals surface area contributed by atoms with Gasteiger partial charge >= 0.3 is 6.18 Å². The van der Waals surface area contributed by atoms with Crippen molar-refractivity contribution in [3.8, 4) is 5.75 Å². The first-order valence-corrected chi connectivity index (χ1v) is 19.4. The minimum atomic E-state index is -4.65. The monoisotopic (exact) mass is 810 g/mol. The minimum Gasteiger partial charge on any atom is -0.491 e. The summed E-state index contributed by atoms with van der Waals surface area (Å²) in [4.78, 5) is 30.1. The van der Waals surface area contributed by atoms with Gasteiger partial charge in [0.2, 0.25) is 0 Å². The van der Waals surface area contributed by atoms with Gasteiger partial charge < -0.3 is 34.3 Å². The highest BCUT2D eigenvalue weighted by molar-refractivity contribution is 7.17. The number of aliphatic hydroxyl groups excluding tert-OH is 1. The Balaban J connectivity index is 1.27. The maximum Gasteiger partial charge on any atom is 0.417 e. The van der Waals surface area contributed by atoms with Crippen LogP contribution in [-0.2, 0) is 33.2 Å². The van der Waals surface area contributed by atoms with Crippen LogP contribution in [0.1, 0.15) is 76.4 Å². The van der Waals surface area contributed by atoms with Gasteiger partial charge in [-0.3, -0.25) is 9.59 Å². The summed E-state index contributed by atoms with van der Waals surface area (Å²) < 4.78 is 62.3. The maximum atomic E-state index is 13.5. The number of carbonyl (C=O) groups is 2. The molecular formula is C39H50ClF3N4O7S. The number of hydrogen-bond acceptors (Lipinski definition) is 10. The molecule has 0 spiro atoms. The van der Waals surface area contributed by atoms with Crippen LogP contribution in [-0.4, -0.2) is 100 Å². The van der Waals surface area contributed by atoms with Crippen LogP contribution in [0, 0.1) is 5.41 Å². The second kappa shape index (κ2) is 21.1. The topological polar surface area (TPSA) is 131 Å². The van der Waals surface area contributed by atoms with Crippen molar-refractivity contribution in [2.24, 2.45) is 10.5 Å². The lowest BCUT2D eigenvalue weighted by atomic mass is 9.77. The molecule has 11 nitrogen and oxygen atoms in total.